The predicted octanol–water partition coefficient (Wildman–Crippen LogP) is 0.988. The van der Waals surface area contributed by atoms with Crippen LogP contribution in [0.5, 0.6) is 5.75 Å². The van der Waals surface area contributed by atoms with Gasteiger partial charge in [0.05, 0.1) is 11.0 Å². The standard InChI is InChI=1S/C19H23N3O6S/c1-13-14(3-2-9-20-13)12-28-16-4-6-17(7-5-16)29(26,27)22-10-8-15(23)11-18(22)19(24)21-25/h2-7,9,15,18,23,25H,8,10-12H2,1H3,(H,21,24). The Labute approximate surface area is 169 Å². The maximum Gasteiger partial charge on any atom is 0.261 e. The Morgan fingerprint density at radius 2 is 2.03 bits per heavy atom. The molecule has 0 bridgehead atoms. The van der Waals surface area contributed by atoms with Gasteiger partial charge in [-0.25, -0.2) is 13.9 Å². The van der Waals surface area contributed by atoms with Gasteiger partial charge < -0.3 is 9.84 Å². The Morgan fingerprint density at radius 3 is 2.69 bits per heavy atom. The Balaban J connectivity index is 1.75. The van der Waals surface area contributed by atoms with Crippen LogP contribution in [-0.2, 0) is 21.4 Å². The zero-order valence-electron chi connectivity index (χ0n) is 15.9. The Bertz CT molecular complexity index is 964. The molecule has 1 aromatic carbocycles. The fraction of sp³-hybridized carbons (Fsp3) is 0.368. The molecule has 0 saturated carbocycles. The number of carbonyl (C=O) groups is 1. The van der Waals surface area contributed by atoms with Gasteiger partial charge in [-0.3, -0.25) is 15.0 Å². The molecule has 0 radical (unpaired) electrons. The fourth-order valence-electron chi connectivity index (χ4n) is 3.20. The molecule has 1 aliphatic rings. The molecular formula is C19H23N3O6S. The van der Waals surface area contributed by atoms with Gasteiger partial charge in [0.15, 0.2) is 0 Å². The Kier molecular flexibility index (Phi) is 6.48. The first kappa shape index (κ1) is 21.2. The summed E-state index contributed by atoms with van der Waals surface area (Å²) in [5, 5.41) is 18.7. The average molecular weight is 421 g/mol. The van der Waals surface area contributed by atoms with Crippen molar-refractivity contribution in [1.82, 2.24) is 14.8 Å². The molecule has 1 aliphatic heterocycles. The number of nitrogens with zero attached hydrogens (tertiary/aromatic N) is 2. The second-order valence-corrected chi connectivity index (χ2v) is 8.68. The largest absolute Gasteiger partial charge is 0.489 e. The third-order valence-electron chi connectivity index (χ3n) is 4.88. The first-order valence-electron chi connectivity index (χ1n) is 9.10. The van der Waals surface area contributed by atoms with E-state index in [1.807, 2.05) is 19.1 Å². The zero-order chi connectivity index (χ0) is 21.0. The zero-order valence-corrected chi connectivity index (χ0v) is 16.7. The molecule has 3 rings (SSSR count). The summed E-state index contributed by atoms with van der Waals surface area (Å²) in [6, 6.07) is 8.42. The molecule has 1 aromatic heterocycles. The van der Waals surface area contributed by atoms with E-state index in [4.69, 9.17) is 9.94 Å². The minimum Gasteiger partial charge on any atom is -0.489 e. The van der Waals surface area contributed by atoms with Crippen molar-refractivity contribution in [3.05, 3.63) is 53.9 Å². The molecule has 29 heavy (non-hydrogen) atoms. The summed E-state index contributed by atoms with van der Waals surface area (Å²) < 4.78 is 32.7. The quantitative estimate of drug-likeness (QED) is 0.468. The molecule has 2 heterocycles. The lowest BCUT2D eigenvalue weighted by Crippen LogP contribution is -2.54. The average Bonchev–Trinajstić information content (AvgIpc) is 2.72. The maximum atomic E-state index is 13.0. The van der Waals surface area contributed by atoms with E-state index in [-0.39, 0.29) is 24.3 Å². The van der Waals surface area contributed by atoms with E-state index in [9.17, 15) is 18.3 Å². The van der Waals surface area contributed by atoms with E-state index in [2.05, 4.69) is 4.98 Å². The normalized spacial score (nSPS) is 20.2. The lowest BCUT2D eigenvalue weighted by molar-refractivity contribution is -0.135. The van der Waals surface area contributed by atoms with Crippen LogP contribution in [-0.4, -0.2) is 52.6 Å². The second-order valence-electron chi connectivity index (χ2n) is 6.79. The third kappa shape index (κ3) is 4.73. The van der Waals surface area contributed by atoms with Gasteiger partial charge in [0.2, 0.25) is 10.0 Å². The number of aliphatic hydroxyl groups excluding tert-OH is 1. The van der Waals surface area contributed by atoms with Crippen molar-refractivity contribution >= 4 is 15.9 Å². The maximum absolute atomic E-state index is 13.0. The van der Waals surface area contributed by atoms with Crippen LogP contribution in [0.3, 0.4) is 0 Å². The number of amides is 1. The molecule has 0 aliphatic carbocycles. The summed E-state index contributed by atoms with van der Waals surface area (Å²) >= 11 is 0. The van der Waals surface area contributed by atoms with Crippen LogP contribution in [0.1, 0.15) is 24.1 Å². The minimum atomic E-state index is -4.00. The first-order chi connectivity index (χ1) is 13.8. The van der Waals surface area contributed by atoms with Gasteiger partial charge in [0, 0.05) is 24.0 Å². The summed E-state index contributed by atoms with van der Waals surface area (Å²) in [6.07, 6.45) is 1.01. The van der Waals surface area contributed by atoms with Crippen LogP contribution in [0.2, 0.25) is 0 Å². The van der Waals surface area contributed by atoms with Gasteiger partial charge in [0.25, 0.3) is 5.91 Å². The van der Waals surface area contributed by atoms with Crippen molar-refractivity contribution in [2.24, 2.45) is 0 Å². The predicted molar refractivity (Wildman–Crippen MR) is 103 cm³/mol. The van der Waals surface area contributed by atoms with Crippen LogP contribution < -0.4 is 10.2 Å². The lowest BCUT2D eigenvalue weighted by Gasteiger charge is -2.35. The molecule has 1 amide bonds. The van der Waals surface area contributed by atoms with Gasteiger partial charge in [0.1, 0.15) is 18.4 Å². The fourth-order valence-corrected chi connectivity index (χ4v) is 4.81. The van der Waals surface area contributed by atoms with Crippen LogP contribution in [0.15, 0.2) is 47.5 Å². The van der Waals surface area contributed by atoms with Crippen LogP contribution in [0.4, 0.5) is 0 Å². The van der Waals surface area contributed by atoms with Crippen molar-refractivity contribution in [1.29, 1.82) is 0 Å². The van der Waals surface area contributed by atoms with Gasteiger partial charge in [-0.2, -0.15) is 4.31 Å². The second kappa shape index (κ2) is 8.87. The van der Waals surface area contributed by atoms with Crippen LogP contribution in [0, 0.1) is 6.92 Å². The number of piperidine rings is 1. The summed E-state index contributed by atoms with van der Waals surface area (Å²) in [6.45, 7) is 2.15. The molecule has 10 heteroatoms. The molecule has 3 N–H and O–H groups in total. The van der Waals surface area contributed by atoms with Crippen molar-refractivity contribution < 1.29 is 28.3 Å². The highest BCUT2D eigenvalue weighted by atomic mass is 32.2. The third-order valence-corrected chi connectivity index (χ3v) is 6.80. The molecule has 1 saturated heterocycles. The van der Waals surface area contributed by atoms with Gasteiger partial charge in [-0.15, -0.1) is 0 Å². The SMILES string of the molecule is Cc1ncccc1COc1ccc(S(=O)(=O)N2CCC(O)CC2C(=O)NO)cc1. The van der Waals surface area contributed by atoms with Crippen LogP contribution >= 0.6 is 0 Å². The topological polar surface area (TPSA) is 129 Å². The number of sulfonamides is 1. The van der Waals surface area contributed by atoms with E-state index >= 15 is 0 Å². The Hall–Kier alpha value is -2.53. The molecule has 2 aromatic rings. The summed E-state index contributed by atoms with van der Waals surface area (Å²) in [7, 11) is -4.00. The van der Waals surface area contributed by atoms with Crippen molar-refractivity contribution in [2.75, 3.05) is 6.54 Å². The smallest absolute Gasteiger partial charge is 0.261 e. The highest BCUT2D eigenvalue weighted by molar-refractivity contribution is 7.89. The molecule has 1 fully saturated rings. The molecule has 2 atom stereocenters. The molecule has 156 valence electrons. The van der Waals surface area contributed by atoms with E-state index in [1.54, 1.807) is 18.3 Å². The van der Waals surface area contributed by atoms with Gasteiger partial charge in [-0.1, -0.05) is 6.07 Å². The number of pyridine rings is 1. The number of hydrogen-bond donors (Lipinski definition) is 3. The molecular weight excluding hydrogens is 398 g/mol. The number of rotatable bonds is 6. The number of aromatic nitrogens is 1. The number of hydroxylamine groups is 1. The van der Waals surface area contributed by atoms with Crippen molar-refractivity contribution in [3.8, 4) is 5.75 Å². The van der Waals surface area contributed by atoms with E-state index in [0.29, 0.717) is 12.4 Å². The summed E-state index contributed by atoms with van der Waals surface area (Å²) in [4.78, 5) is 16.1. The van der Waals surface area contributed by atoms with E-state index < -0.39 is 28.1 Å². The van der Waals surface area contributed by atoms with Crippen molar-refractivity contribution in [3.63, 3.8) is 0 Å². The molecule has 9 nitrogen and oxygen atoms in total. The number of carbonyl (C=O) groups excluding carboxylic acids is 1. The van der Waals surface area contributed by atoms with E-state index in [1.165, 1.54) is 17.6 Å². The minimum absolute atomic E-state index is 0.00506. The molecule has 0 spiro atoms. The highest BCUT2D eigenvalue weighted by Gasteiger charge is 2.40. The van der Waals surface area contributed by atoms with Crippen LogP contribution in [0.25, 0.3) is 0 Å². The van der Waals surface area contributed by atoms with Gasteiger partial charge >= 0.3 is 0 Å². The first-order valence-corrected chi connectivity index (χ1v) is 10.5. The van der Waals surface area contributed by atoms with Crippen molar-refractivity contribution in [2.45, 2.75) is 43.4 Å². The summed E-state index contributed by atoms with van der Waals surface area (Å²) in [5.41, 5.74) is 3.25. The summed E-state index contributed by atoms with van der Waals surface area (Å²) in [5.74, 6) is -0.384. The Morgan fingerprint density at radius 1 is 1.31 bits per heavy atom. The highest BCUT2D eigenvalue weighted by Crippen LogP contribution is 2.27. The number of aliphatic hydroxyl groups is 1. The number of hydrogen-bond acceptors (Lipinski definition) is 7. The monoisotopic (exact) mass is 421 g/mol. The number of benzene rings is 1. The van der Waals surface area contributed by atoms with Gasteiger partial charge in [-0.05, 0) is 50.1 Å². The number of aryl methyl sites for hydroxylation is 1. The number of ether oxygens (including phenoxy) is 1. The number of nitrogens with one attached hydrogen (secondary N) is 1. The van der Waals surface area contributed by atoms with E-state index in [0.717, 1.165) is 15.6 Å². The molecule has 2 unspecified atom stereocenters. The lowest BCUT2D eigenvalue weighted by atomic mass is 10.0.